The Morgan fingerprint density at radius 1 is 1.00 bits per heavy atom. The van der Waals surface area contributed by atoms with Crippen molar-refractivity contribution in [1.29, 1.82) is 0 Å². The molecule has 2 N–H and O–H groups in total. The van der Waals surface area contributed by atoms with Crippen LogP contribution in [0.15, 0.2) is 42.5 Å². The summed E-state index contributed by atoms with van der Waals surface area (Å²) in [5.74, 6) is 0. The number of halogens is 3. The molecule has 0 aliphatic heterocycles. The zero-order valence-electron chi connectivity index (χ0n) is 12.4. The summed E-state index contributed by atoms with van der Waals surface area (Å²) in [6.07, 6.45) is -4.47. The fourth-order valence-corrected chi connectivity index (χ4v) is 2.55. The molecule has 0 aliphatic carbocycles. The summed E-state index contributed by atoms with van der Waals surface area (Å²) in [4.78, 5) is 8.85. The zero-order valence-corrected chi connectivity index (χ0v) is 12.4. The summed E-state index contributed by atoms with van der Waals surface area (Å²) >= 11 is 0. The van der Waals surface area contributed by atoms with E-state index in [0.717, 1.165) is 11.6 Å². The molecule has 0 saturated carbocycles. The number of hydrogen-bond acceptors (Lipinski definition) is 3. The lowest BCUT2D eigenvalue weighted by Gasteiger charge is -2.15. The summed E-state index contributed by atoms with van der Waals surface area (Å²) in [7, 11) is 0. The normalized spacial score (nSPS) is 11.9. The van der Waals surface area contributed by atoms with Crippen molar-refractivity contribution >= 4 is 11.0 Å². The number of rotatable bonds is 2. The Bertz CT molecular complexity index is 873. The maximum absolute atomic E-state index is 13.3. The molecular formula is C17H14F3N3. The average molecular weight is 317 g/mol. The largest absolute Gasteiger partial charge is 0.417 e. The van der Waals surface area contributed by atoms with Gasteiger partial charge in [-0.15, -0.1) is 0 Å². The minimum Gasteiger partial charge on any atom is -0.325 e. The van der Waals surface area contributed by atoms with Crippen LogP contribution < -0.4 is 5.73 Å². The molecule has 118 valence electrons. The van der Waals surface area contributed by atoms with E-state index in [9.17, 15) is 13.2 Å². The lowest BCUT2D eigenvalue weighted by molar-refractivity contribution is -0.137. The highest BCUT2D eigenvalue weighted by molar-refractivity contribution is 5.82. The summed E-state index contributed by atoms with van der Waals surface area (Å²) < 4.78 is 39.9. The lowest BCUT2D eigenvalue weighted by Crippen LogP contribution is -2.11. The van der Waals surface area contributed by atoms with Gasteiger partial charge in [0, 0.05) is 12.1 Å². The summed E-state index contributed by atoms with van der Waals surface area (Å²) in [5, 5.41) is 0. The predicted molar refractivity (Wildman–Crippen MR) is 82.6 cm³/mol. The molecule has 3 rings (SSSR count). The first-order valence-electron chi connectivity index (χ1n) is 7.04. The van der Waals surface area contributed by atoms with E-state index in [1.165, 1.54) is 12.1 Å². The third kappa shape index (κ3) is 2.77. The molecule has 0 spiro atoms. The summed E-state index contributed by atoms with van der Waals surface area (Å²) in [6.45, 7) is 1.86. The predicted octanol–water partition coefficient (Wildman–Crippen LogP) is 4.08. The molecular weight excluding hydrogens is 303 g/mol. The van der Waals surface area contributed by atoms with Crippen LogP contribution in [0.1, 0.15) is 16.8 Å². The second-order valence-corrected chi connectivity index (χ2v) is 5.21. The number of hydrogen-bond donors (Lipinski definition) is 1. The molecule has 0 radical (unpaired) electrons. The van der Waals surface area contributed by atoms with Gasteiger partial charge in [-0.3, -0.25) is 0 Å². The minimum absolute atomic E-state index is 0.00176. The monoisotopic (exact) mass is 317 g/mol. The molecule has 3 nitrogen and oxygen atoms in total. The van der Waals surface area contributed by atoms with E-state index in [1.54, 1.807) is 12.1 Å². The first-order valence-corrected chi connectivity index (χ1v) is 7.04. The number of benzene rings is 2. The molecule has 0 bridgehead atoms. The van der Waals surface area contributed by atoms with Gasteiger partial charge in [-0.25, -0.2) is 9.97 Å². The zero-order chi connectivity index (χ0) is 16.6. The number of fused-ring (bicyclic) bond motifs is 1. The number of nitrogens with zero attached hydrogens (tertiary/aromatic N) is 2. The van der Waals surface area contributed by atoms with Crippen LogP contribution in [0.25, 0.3) is 22.3 Å². The van der Waals surface area contributed by atoms with Crippen molar-refractivity contribution in [3.05, 3.63) is 59.3 Å². The van der Waals surface area contributed by atoms with Crippen LogP contribution in [-0.2, 0) is 12.7 Å². The minimum atomic E-state index is -4.47. The van der Waals surface area contributed by atoms with Gasteiger partial charge in [0.05, 0.1) is 28.0 Å². The van der Waals surface area contributed by atoms with Crippen LogP contribution in [0.3, 0.4) is 0 Å². The molecule has 0 fully saturated rings. The highest BCUT2D eigenvalue weighted by Crippen LogP contribution is 2.37. The lowest BCUT2D eigenvalue weighted by atomic mass is 10.0. The molecule has 23 heavy (non-hydrogen) atoms. The van der Waals surface area contributed by atoms with E-state index >= 15 is 0 Å². The Hall–Kier alpha value is -2.47. The van der Waals surface area contributed by atoms with Gasteiger partial charge >= 0.3 is 6.18 Å². The Balaban J connectivity index is 2.34. The molecule has 0 aliphatic rings. The number of aromatic nitrogens is 2. The fraction of sp³-hybridized carbons (Fsp3) is 0.176. The quantitative estimate of drug-likeness (QED) is 0.775. The van der Waals surface area contributed by atoms with Gasteiger partial charge in [0.15, 0.2) is 0 Å². The van der Waals surface area contributed by atoms with Crippen molar-refractivity contribution in [3.63, 3.8) is 0 Å². The average Bonchev–Trinajstić information content (AvgIpc) is 2.53. The standard InChI is InChI=1S/C17H14F3N3/c1-10-5-4-8-13-15(10)23-16(14(9-21)22-13)11-6-2-3-7-12(11)17(18,19)20/h2-8H,9,21H2,1H3. The summed E-state index contributed by atoms with van der Waals surface area (Å²) in [5.41, 5.74) is 7.54. The van der Waals surface area contributed by atoms with Crippen LogP contribution in [0.2, 0.25) is 0 Å². The van der Waals surface area contributed by atoms with E-state index in [0.29, 0.717) is 16.7 Å². The van der Waals surface area contributed by atoms with E-state index < -0.39 is 11.7 Å². The molecule has 0 saturated heterocycles. The second-order valence-electron chi connectivity index (χ2n) is 5.21. The van der Waals surface area contributed by atoms with Gasteiger partial charge in [-0.2, -0.15) is 13.2 Å². The molecule has 3 aromatic rings. The van der Waals surface area contributed by atoms with Crippen LogP contribution >= 0.6 is 0 Å². The van der Waals surface area contributed by atoms with Gasteiger partial charge in [0.1, 0.15) is 0 Å². The number of para-hydroxylation sites is 1. The molecule has 0 amide bonds. The Kier molecular flexibility index (Phi) is 3.77. The fourth-order valence-electron chi connectivity index (χ4n) is 2.55. The molecule has 0 unspecified atom stereocenters. The van der Waals surface area contributed by atoms with Crippen LogP contribution in [0, 0.1) is 6.92 Å². The van der Waals surface area contributed by atoms with Gasteiger partial charge in [0.2, 0.25) is 0 Å². The second kappa shape index (κ2) is 5.62. The highest BCUT2D eigenvalue weighted by Gasteiger charge is 2.34. The first kappa shape index (κ1) is 15.4. The van der Waals surface area contributed by atoms with Gasteiger partial charge < -0.3 is 5.73 Å². The molecule has 1 heterocycles. The topological polar surface area (TPSA) is 51.8 Å². The molecule has 0 atom stereocenters. The van der Waals surface area contributed by atoms with Crippen molar-refractivity contribution < 1.29 is 13.2 Å². The van der Waals surface area contributed by atoms with E-state index in [4.69, 9.17) is 5.73 Å². The highest BCUT2D eigenvalue weighted by atomic mass is 19.4. The first-order chi connectivity index (χ1) is 10.9. The van der Waals surface area contributed by atoms with Crippen molar-refractivity contribution in [2.75, 3.05) is 0 Å². The SMILES string of the molecule is Cc1cccc2nc(CN)c(-c3ccccc3C(F)(F)F)nc12. The molecule has 1 aromatic heterocycles. The van der Waals surface area contributed by atoms with Gasteiger partial charge in [0.25, 0.3) is 0 Å². The Morgan fingerprint density at radius 2 is 1.74 bits per heavy atom. The van der Waals surface area contributed by atoms with E-state index in [1.807, 2.05) is 19.1 Å². The molecule has 6 heteroatoms. The van der Waals surface area contributed by atoms with Gasteiger partial charge in [-0.1, -0.05) is 30.3 Å². The Labute approximate surface area is 131 Å². The number of aryl methyl sites for hydroxylation is 1. The van der Waals surface area contributed by atoms with Crippen molar-refractivity contribution in [1.82, 2.24) is 9.97 Å². The number of alkyl halides is 3. The van der Waals surface area contributed by atoms with Crippen molar-refractivity contribution in [2.24, 2.45) is 5.73 Å². The third-order valence-electron chi connectivity index (χ3n) is 3.65. The van der Waals surface area contributed by atoms with Crippen LogP contribution in [0.4, 0.5) is 13.2 Å². The van der Waals surface area contributed by atoms with Crippen LogP contribution in [-0.4, -0.2) is 9.97 Å². The van der Waals surface area contributed by atoms with E-state index in [-0.39, 0.29) is 17.8 Å². The van der Waals surface area contributed by atoms with Crippen molar-refractivity contribution in [2.45, 2.75) is 19.6 Å². The van der Waals surface area contributed by atoms with Crippen molar-refractivity contribution in [3.8, 4) is 11.3 Å². The van der Waals surface area contributed by atoms with E-state index in [2.05, 4.69) is 9.97 Å². The maximum Gasteiger partial charge on any atom is 0.417 e. The van der Waals surface area contributed by atoms with Gasteiger partial charge in [-0.05, 0) is 24.6 Å². The third-order valence-corrected chi connectivity index (χ3v) is 3.65. The Morgan fingerprint density at radius 3 is 2.43 bits per heavy atom. The maximum atomic E-state index is 13.3. The smallest absolute Gasteiger partial charge is 0.325 e. The van der Waals surface area contributed by atoms with Crippen LogP contribution in [0.5, 0.6) is 0 Å². The molecule has 2 aromatic carbocycles. The number of nitrogens with two attached hydrogens (primary N) is 1. The summed E-state index contributed by atoms with van der Waals surface area (Å²) in [6, 6.07) is 10.8.